The number of fused-ring (bicyclic) bond motifs is 1. The fraction of sp³-hybridized carbons (Fsp3) is 0.800. The molecule has 0 radical (unpaired) electrons. The summed E-state index contributed by atoms with van der Waals surface area (Å²) >= 11 is 0. The van der Waals surface area contributed by atoms with Crippen molar-refractivity contribution in [1.82, 2.24) is 20.1 Å². The first kappa shape index (κ1) is 9.30. The van der Waals surface area contributed by atoms with Crippen LogP contribution >= 0.6 is 0 Å². The lowest BCUT2D eigenvalue weighted by atomic mass is 10.1. The quantitative estimate of drug-likeness (QED) is 0.687. The van der Waals surface area contributed by atoms with Gasteiger partial charge >= 0.3 is 0 Å². The Labute approximate surface area is 89.1 Å². The third-order valence-electron chi connectivity index (χ3n) is 3.46. The maximum atomic E-state index is 6.02. The Morgan fingerprint density at radius 2 is 2.13 bits per heavy atom. The molecule has 15 heavy (non-hydrogen) atoms. The lowest BCUT2D eigenvalue weighted by Gasteiger charge is -2.21. The maximum absolute atomic E-state index is 6.02. The molecule has 0 aliphatic carbocycles. The zero-order valence-electron chi connectivity index (χ0n) is 8.82. The van der Waals surface area contributed by atoms with Gasteiger partial charge in [0, 0.05) is 19.0 Å². The molecule has 0 saturated carbocycles. The highest BCUT2D eigenvalue weighted by molar-refractivity contribution is 5.09. The third kappa shape index (κ3) is 1.46. The van der Waals surface area contributed by atoms with Crippen LogP contribution in [0.1, 0.15) is 42.9 Å². The molecule has 1 aromatic rings. The molecule has 5 nitrogen and oxygen atoms in total. The second-order valence-corrected chi connectivity index (χ2v) is 4.51. The van der Waals surface area contributed by atoms with Crippen LogP contribution in [0.2, 0.25) is 0 Å². The Morgan fingerprint density at radius 1 is 1.27 bits per heavy atom. The Bertz CT molecular complexity index is 353. The zero-order valence-corrected chi connectivity index (χ0v) is 8.82. The number of hydrogen-bond donors (Lipinski definition) is 2. The van der Waals surface area contributed by atoms with E-state index in [2.05, 4.69) is 20.1 Å². The van der Waals surface area contributed by atoms with Gasteiger partial charge in [-0.15, -0.1) is 10.2 Å². The van der Waals surface area contributed by atoms with Gasteiger partial charge in [0.25, 0.3) is 0 Å². The van der Waals surface area contributed by atoms with Crippen molar-refractivity contribution >= 4 is 0 Å². The van der Waals surface area contributed by atoms with Crippen LogP contribution in [0.15, 0.2) is 0 Å². The van der Waals surface area contributed by atoms with E-state index in [1.807, 2.05) is 0 Å². The molecule has 2 aliphatic rings. The van der Waals surface area contributed by atoms with Gasteiger partial charge < -0.3 is 15.6 Å². The van der Waals surface area contributed by atoms with Crippen LogP contribution in [0.4, 0.5) is 0 Å². The smallest absolute Gasteiger partial charge is 0.149 e. The first-order valence-electron chi connectivity index (χ1n) is 5.75. The first-order chi connectivity index (χ1) is 7.36. The summed E-state index contributed by atoms with van der Waals surface area (Å²) in [5, 5.41) is 11.9. The van der Waals surface area contributed by atoms with E-state index in [1.165, 1.54) is 6.42 Å². The highest BCUT2D eigenvalue weighted by Gasteiger charge is 2.27. The summed E-state index contributed by atoms with van der Waals surface area (Å²) in [7, 11) is 0. The van der Waals surface area contributed by atoms with E-state index in [1.54, 1.807) is 0 Å². The molecule has 1 fully saturated rings. The van der Waals surface area contributed by atoms with E-state index < -0.39 is 0 Å². The molecule has 0 spiro atoms. The van der Waals surface area contributed by atoms with Crippen molar-refractivity contribution in [2.24, 2.45) is 5.73 Å². The standard InChI is InChI=1S/C10H17N5/c11-8-2-1-5-15-9(13-14-10(8)15)7-3-4-12-6-7/h7-8,12H,1-6,11H2. The molecule has 82 valence electrons. The van der Waals surface area contributed by atoms with E-state index in [-0.39, 0.29) is 6.04 Å². The zero-order chi connectivity index (χ0) is 10.3. The predicted molar refractivity (Wildman–Crippen MR) is 56.4 cm³/mol. The van der Waals surface area contributed by atoms with E-state index in [4.69, 9.17) is 5.73 Å². The molecule has 2 atom stereocenters. The third-order valence-corrected chi connectivity index (χ3v) is 3.46. The second kappa shape index (κ2) is 3.57. The molecular weight excluding hydrogens is 190 g/mol. The average molecular weight is 207 g/mol. The summed E-state index contributed by atoms with van der Waals surface area (Å²) in [6, 6.07) is 0.0920. The van der Waals surface area contributed by atoms with Crippen LogP contribution in [0, 0.1) is 0 Å². The van der Waals surface area contributed by atoms with Gasteiger partial charge in [0.15, 0.2) is 0 Å². The lowest BCUT2D eigenvalue weighted by Crippen LogP contribution is -2.24. The fourth-order valence-corrected chi connectivity index (χ4v) is 2.61. The largest absolute Gasteiger partial charge is 0.321 e. The van der Waals surface area contributed by atoms with Gasteiger partial charge in [-0.2, -0.15) is 0 Å². The molecule has 3 heterocycles. The summed E-state index contributed by atoms with van der Waals surface area (Å²) in [5.41, 5.74) is 6.02. The first-order valence-corrected chi connectivity index (χ1v) is 5.75. The number of hydrogen-bond acceptors (Lipinski definition) is 4. The number of rotatable bonds is 1. The summed E-state index contributed by atoms with van der Waals surface area (Å²) in [4.78, 5) is 0. The van der Waals surface area contributed by atoms with Gasteiger partial charge in [0.05, 0.1) is 6.04 Å². The molecule has 3 N–H and O–H groups in total. The van der Waals surface area contributed by atoms with Crippen molar-refractivity contribution < 1.29 is 0 Å². The molecule has 0 bridgehead atoms. The molecule has 3 rings (SSSR count). The predicted octanol–water partition coefficient (Wildman–Crippen LogP) is 0.149. The molecule has 1 aromatic heterocycles. The van der Waals surface area contributed by atoms with Gasteiger partial charge in [0.2, 0.25) is 0 Å². The number of nitrogens with two attached hydrogens (primary N) is 1. The SMILES string of the molecule is NC1CCCn2c1nnc2C1CCNC1. The second-order valence-electron chi connectivity index (χ2n) is 4.51. The molecule has 2 unspecified atom stereocenters. The molecule has 2 aliphatic heterocycles. The molecular formula is C10H17N5. The van der Waals surface area contributed by atoms with E-state index in [0.29, 0.717) is 5.92 Å². The number of aromatic nitrogens is 3. The topological polar surface area (TPSA) is 68.8 Å². The van der Waals surface area contributed by atoms with Crippen molar-refractivity contribution in [2.45, 2.75) is 37.8 Å². The summed E-state index contributed by atoms with van der Waals surface area (Å²) in [6.45, 7) is 3.17. The highest BCUT2D eigenvalue weighted by Crippen LogP contribution is 2.27. The van der Waals surface area contributed by atoms with E-state index >= 15 is 0 Å². The van der Waals surface area contributed by atoms with Crippen molar-refractivity contribution in [3.8, 4) is 0 Å². The minimum Gasteiger partial charge on any atom is -0.321 e. The average Bonchev–Trinajstić information content (AvgIpc) is 2.85. The van der Waals surface area contributed by atoms with E-state index in [9.17, 15) is 0 Å². The van der Waals surface area contributed by atoms with Crippen molar-refractivity contribution in [3.63, 3.8) is 0 Å². The Kier molecular flexibility index (Phi) is 2.21. The fourth-order valence-electron chi connectivity index (χ4n) is 2.61. The van der Waals surface area contributed by atoms with Crippen molar-refractivity contribution in [3.05, 3.63) is 11.6 Å². The van der Waals surface area contributed by atoms with Gasteiger partial charge in [-0.05, 0) is 25.8 Å². The summed E-state index contributed by atoms with van der Waals surface area (Å²) in [5.74, 6) is 2.67. The minimum atomic E-state index is 0.0920. The molecule has 0 amide bonds. The Hall–Kier alpha value is -0.940. The summed E-state index contributed by atoms with van der Waals surface area (Å²) < 4.78 is 2.24. The monoisotopic (exact) mass is 207 g/mol. The molecule has 0 aromatic carbocycles. The van der Waals surface area contributed by atoms with Crippen LogP contribution in [0.5, 0.6) is 0 Å². The Morgan fingerprint density at radius 3 is 2.93 bits per heavy atom. The van der Waals surface area contributed by atoms with Crippen molar-refractivity contribution in [1.29, 1.82) is 0 Å². The maximum Gasteiger partial charge on any atom is 0.149 e. The van der Waals surface area contributed by atoms with Crippen LogP contribution in [-0.4, -0.2) is 27.9 Å². The molecule has 1 saturated heterocycles. The number of nitrogens with zero attached hydrogens (tertiary/aromatic N) is 3. The summed E-state index contributed by atoms with van der Waals surface area (Å²) in [6.07, 6.45) is 3.37. The van der Waals surface area contributed by atoms with E-state index in [0.717, 1.165) is 44.1 Å². The van der Waals surface area contributed by atoms with Gasteiger partial charge in [-0.3, -0.25) is 0 Å². The van der Waals surface area contributed by atoms with Gasteiger partial charge in [-0.1, -0.05) is 0 Å². The van der Waals surface area contributed by atoms with Crippen LogP contribution in [0.3, 0.4) is 0 Å². The van der Waals surface area contributed by atoms with Crippen LogP contribution in [0.25, 0.3) is 0 Å². The van der Waals surface area contributed by atoms with Gasteiger partial charge in [-0.25, -0.2) is 0 Å². The molecule has 5 heteroatoms. The van der Waals surface area contributed by atoms with Crippen molar-refractivity contribution in [2.75, 3.05) is 13.1 Å². The Balaban J connectivity index is 1.95. The van der Waals surface area contributed by atoms with Crippen LogP contribution in [-0.2, 0) is 6.54 Å². The number of nitrogens with one attached hydrogen (secondary N) is 1. The highest BCUT2D eigenvalue weighted by atomic mass is 15.3. The van der Waals surface area contributed by atoms with Gasteiger partial charge in [0.1, 0.15) is 11.6 Å². The van der Waals surface area contributed by atoms with Crippen LogP contribution < -0.4 is 11.1 Å². The lowest BCUT2D eigenvalue weighted by molar-refractivity contribution is 0.436. The minimum absolute atomic E-state index is 0.0920. The normalized spacial score (nSPS) is 30.5.